The molecule has 0 fully saturated rings. The molecule has 0 radical (unpaired) electrons. The zero-order valence-electron chi connectivity index (χ0n) is 12.8. The molecule has 0 saturated heterocycles. The summed E-state index contributed by atoms with van der Waals surface area (Å²) < 4.78 is 1.74. The van der Waals surface area contributed by atoms with Crippen LogP contribution in [0.4, 0.5) is 10.6 Å². The molecule has 120 valence electrons. The van der Waals surface area contributed by atoms with Gasteiger partial charge in [-0.15, -0.1) is 11.3 Å². The van der Waals surface area contributed by atoms with Crippen molar-refractivity contribution in [1.82, 2.24) is 15.1 Å². The molecule has 1 atom stereocenters. The van der Waals surface area contributed by atoms with Gasteiger partial charge in [0.1, 0.15) is 5.82 Å². The van der Waals surface area contributed by atoms with Gasteiger partial charge in [0.2, 0.25) is 0 Å². The molecule has 0 unspecified atom stereocenters. The second-order valence-electron chi connectivity index (χ2n) is 5.42. The Balaban J connectivity index is 1.82. The van der Waals surface area contributed by atoms with Gasteiger partial charge in [-0.05, 0) is 31.7 Å². The zero-order chi connectivity index (χ0) is 15.9. The van der Waals surface area contributed by atoms with Crippen molar-refractivity contribution in [3.63, 3.8) is 0 Å². The van der Waals surface area contributed by atoms with E-state index in [4.69, 9.17) is 0 Å². The molecule has 2 rings (SSSR count). The molecule has 0 spiro atoms. The van der Waals surface area contributed by atoms with E-state index in [1.165, 1.54) is 4.88 Å². The zero-order valence-corrected chi connectivity index (χ0v) is 13.6. The predicted octanol–water partition coefficient (Wildman–Crippen LogP) is 2.50. The van der Waals surface area contributed by atoms with Gasteiger partial charge < -0.3 is 10.4 Å². The largest absolute Gasteiger partial charge is 0.396 e. The Morgan fingerprint density at radius 1 is 1.45 bits per heavy atom. The van der Waals surface area contributed by atoms with Gasteiger partial charge >= 0.3 is 6.03 Å². The molecule has 7 heteroatoms. The summed E-state index contributed by atoms with van der Waals surface area (Å²) in [5.41, 5.74) is 0. The fraction of sp³-hybridized carbons (Fsp3) is 0.467. The van der Waals surface area contributed by atoms with E-state index in [0.29, 0.717) is 12.4 Å². The first kappa shape index (κ1) is 16.5. The van der Waals surface area contributed by atoms with Gasteiger partial charge in [0.25, 0.3) is 0 Å². The first-order valence-corrected chi connectivity index (χ1v) is 8.19. The highest BCUT2D eigenvalue weighted by Crippen LogP contribution is 2.15. The van der Waals surface area contributed by atoms with Crippen LogP contribution in [-0.4, -0.2) is 34.1 Å². The van der Waals surface area contributed by atoms with Gasteiger partial charge in [0.15, 0.2) is 0 Å². The summed E-state index contributed by atoms with van der Waals surface area (Å²) in [6, 6.07) is 5.67. The first-order chi connectivity index (χ1) is 10.6. The number of rotatable bonds is 7. The topological polar surface area (TPSA) is 79.2 Å². The van der Waals surface area contributed by atoms with Gasteiger partial charge in [-0.25, -0.2) is 9.48 Å². The number of urea groups is 1. The number of nitrogens with one attached hydrogen (secondary N) is 2. The maximum Gasteiger partial charge on any atom is 0.320 e. The number of thiophene rings is 1. The fourth-order valence-electron chi connectivity index (χ4n) is 2.14. The Hall–Kier alpha value is -1.86. The van der Waals surface area contributed by atoms with E-state index < -0.39 is 0 Å². The number of anilines is 1. The Bertz CT molecular complexity index is 580. The lowest BCUT2D eigenvalue weighted by Gasteiger charge is -2.16. The van der Waals surface area contributed by atoms with Crippen LogP contribution >= 0.6 is 11.3 Å². The molecule has 0 aromatic carbocycles. The van der Waals surface area contributed by atoms with Crippen LogP contribution in [0.3, 0.4) is 0 Å². The third-order valence-corrected chi connectivity index (χ3v) is 4.18. The molecule has 2 heterocycles. The molecule has 0 saturated carbocycles. The molecule has 2 aromatic rings. The summed E-state index contributed by atoms with van der Waals surface area (Å²) in [4.78, 5) is 13.2. The van der Waals surface area contributed by atoms with E-state index in [1.54, 1.807) is 28.3 Å². The molecule has 0 aliphatic rings. The Labute approximate surface area is 134 Å². The van der Waals surface area contributed by atoms with Gasteiger partial charge in [-0.3, -0.25) is 5.32 Å². The predicted molar refractivity (Wildman–Crippen MR) is 88.2 cm³/mol. The second-order valence-corrected chi connectivity index (χ2v) is 6.45. The molecule has 2 amide bonds. The minimum absolute atomic E-state index is 0.0133. The van der Waals surface area contributed by atoms with Crippen molar-refractivity contribution < 1.29 is 9.90 Å². The summed E-state index contributed by atoms with van der Waals surface area (Å²) in [6.07, 6.45) is 2.42. The molecule has 6 nitrogen and oxygen atoms in total. The van der Waals surface area contributed by atoms with Crippen molar-refractivity contribution in [3.05, 3.63) is 34.7 Å². The highest BCUT2D eigenvalue weighted by molar-refractivity contribution is 7.09. The van der Waals surface area contributed by atoms with E-state index in [-0.39, 0.29) is 24.6 Å². The fourth-order valence-corrected chi connectivity index (χ4v) is 2.96. The normalized spacial score (nSPS) is 12.4. The number of hydrogen-bond donors (Lipinski definition) is 3. The molecule has 3 N–H and O–H groups in total. The quantitative estimate of drug-likeness (QED) is 0.733. The van der Waals surface area contributed by atoms with Crippen molar-refractivity contribution in [1.29, 1.82) is 0 Å². The molecule has 22 heavy (non-hydrogen) atoms. The van der Waals surface area contributed by atoms with Crippen molar-refractivity contribution in [2.45, 2.75) is 26.3 Å². The van der Waals surface area contributed by atoms with Crippen molar-refractivity contribution >= 4 is 23.2 Å². The van der Waals surface area contributed by atoms with Crippen LogP contribution in [0.1, 0.15) is 24.8 Å². The molecule has 0 bridgehead atoms. The molecular formula is C15H22N4O2S. The van der Waals surface area contributed by atoms with Crippen LogP contribution in [0.2, 0.25) is 0 Å². The molecule has 0 aliphatic heterocycles. The van der Waals surface area contributed by atoms with Crippen LogP contribution in [0.5, 0.6) is 0 Å². The standard InChI is InChI=1S/C15H22N4O2S/c1-11(2)19-14(5-6-17-19)18-15(21)16-9-12(10-20)8-13-4-3-7-22-13/h3-7,11-12,20H,8-10H2,1-2H3,(H2,16,18,21)/t12-/m1/s1. The number of carbonyl (C=O) groups excluding carboxylic acids is 1. The van der Waals surface area contributed by atoms with Gasteiger partial charge in [0, 0.05) is 36.1 Å². The maximum atomic E-state index is 12.0. The molecular weight excluding hydrogens is 300 g/mol. The maximum absolute atomic E-state index is 12.0. The minimum atomic E-state index is -0.285. The van der Waals surface area contributed by atoms with E-state index in [9.17, 15) is 9.90 Å². The highest BCUT2D eigenvalue weighted by atomic mass is 32.1. The SMILES string of the molecule is CC(C)n1nccc1NC(=O)NC[C@H](CO)Cc1cccs1. The minimum Gasteiger partial charge on any atom is -0.396 e. The third kappa shape index (κ3) is 4.57. The first-order valence-electron chi connectivity index (χ1n) is 7.31. The number of carbonyl (C=O) groups is 1. The van der Waals surface area contributed by atoms with Crippen LogP contribution < -0.4 is 10.6 Å². The van der Waals surface area contributed by atoms with Crippen molar-refractivity contribution in [2.24, 2.45) is 5.92 Å². The van der Waals surface area contributed by atoms with E-state index >= 15 is 0 Å². The molecule has 0 aliphatic carbocycles. The number of aromatic nitrogens is 2. The van der Waals surface area contributed by atoms with Crippen LogP contribution in [-0.2, 0) is 6.42 Å². The van der Waals surface area contributed by atoms with Gasteiger partial charge in [-0.2, -0.15) is 5.10 Å². The summed E-state index contributed by atoms with van der Waals surface area (Å²) >= 11 is 1.66. The number of nitrogens with zero attached hydrogens (tertiary/aromatic N) is 2. The molecule has 2 aromatic heterocycles. The Kier molecular flexibility index (Phi) is 5.97. The van der Waals surface area contributed by atoms with Gasteiger partial charge in [-0.1, -0.05) is 6.07 Å². The summed E-state index contributed by atoms with van der Waals surface area (Å²) in [5.74, 6) is 0.672. The highest BCUT2D eigenvalue weighted by Gasteiger charge is 2.13. The lowest BCUT2D eigenvalue weighted by atomic mass is 10.1. The Morgan fingerprint density at radius 2 is 2.27 bits per heavy atom. The van der Waals surface area contributed by atoms with E-state index in [0.717, 1.165) is 6.42 Å². The lowest BCUT2D eigenvalue weighted by molar-refractivity contribution is 0.218. The lowest BCUT2D eigenvalue weighted by Crippen LogP contribution is -2.35. The monoisotopic (exact) mass is 322 g/mol. The van der Waals surface area contributed by atoms with Crippen molar-refractivity contribution in [2.75, 3.05) is 18.5 Å². The van der Waals surface area contributed by atoms with Crippen molar-refractivity contribution in [3.8, 4) is 0 Å². The van der Waals surface area contributed by atoms with E-state index in [1.807, 2.05) is 31.4 Å². The number of amides is 2. The number of hydrogen-bond acceptors (Lipinski definition) is 4. The van der Waals surface area contributed by atoms with Crippen LogP contribution in [0, 0.1) is 5.92 Å². The number of aliphatic hydroxyl groups is 1. The number of aliphatic hydroxyl groups excluding tert-OH is 1. The third-order valence-electron chi connectivity index (χ3n) is 3.28. The average Bonchev–Trinajstić information content (AvgIpc) is 3.14. The van der Waals surface area contributed by atoms with Gasteiger partial charge in [0.05, 0.1) is 6.20 Å². The van der Waals surface area contributed by atoms with Crippen LogP contribution in [0.15, 0.2) is 29.8 Å². The second kappa shape index (κ2) is 7.95. The summed E-state index contributed by atoms with van der Waals surface area (Å²) in [5, 5.41) is 21.2. The smallest absolute Gasteiger partial charge is 0.320 e. The Morgan fingerprint density at radius 3 is 2.91 bits per heavy atom. The summed E-state index contributed by atoms with van der Waals surface area (Å²) in [6.45, 7) is 4.47. The average molecular weight is 322 g/mol. The summed E-state index contributed by atoms with van der Waals surface area (Å²) in [7, 11) is 0. The van der Waals surface area contributed by atoms with Crippen LogP contribution in [0.25, 0.3) is 0 Å². The van der Waals surface area contributed by atoms with E-state index in [2.05, 4.69) is 15.7 Å².